The van der Waals surface area contributed by atoms with E-state index in [0.717, 1.165) is 5.75 Å². The Hall–Kier alpha value is -1.02. The molecule has 0 amide bonds. The molecule has 0 fully saturated rings. The fourth-order valence-electron chi connectivity index (χ4n) is 1.65. The van der Waals surface area contributed by atoms with Gasteiger partial charge in [0, 0.05) is 0 Å². The molecule has 1 aromatic carbocycles. The molecule has 1 aromatic rings. The van der Waals surface area contributed by atoms with Crippen LogP contribution in [0, 0.1) is 0 Å². The van der Waals surface area contributed by atoms with Crippen LogP contribution in [-0.4, -0.2) is 7.11 Å². The molecule has 0 aliphatic heterocycles. The summed E-state index contributed by atoms with van der Waals surface area (Å²) < 4.78 is 0. The van der Waals surface area contributed by atoms with Gasteiger partial charge < -0.3 is 4.89 Å². The monoisotopic (exact) mass is 194 g/mol. The van der Waals surface area contributed by atoms with E-state index in [1.165, 1.54) is 25.5 Å². The molecule has 0 bridgehead atoms. The minimum atomic E-state index is 0.659. The third-order valence-corrected chi connectivity index (χ3v) is 2.52. The standard InChI is InChI=1S/C12H18O2/c1-4-10(5-2)11-6-8-12(9-7-11)14-13-3/h6-10H,4-5H2,1-3H3. The van der Waals surface area contributed by atoms with Crippen LogP contribution in [0.4, 0.5) is 0 Å². The lowest BCUT2D eigenvalue weighted by molar-refractivity contribution is -0.178. The molecule has 0 N–H and O–H groups in total. The zero-order chi connectivity index (χ0) is 10.4. The summed E-state index contributed by atoms with van der Waals surface area (Å²) in [6, 6.07) is 8.09. The molecule has 0 unspecified atom stereocenters. The molecule has 1 rings (SSSR count). The van der Waals surface area contributed by atoms with Gasteiger partial charge in [0.2, 0.25) is 0 Å². The maximum atomic E-state index is 4.91. The minimum Gasteiger partial charge on any atom is -0.338 e. The topological polar surface area (TPSA) is 18.5 Å². The van der Waals surface area contributed by atoms with Gasteiger partial charge in [-0.05, 0) is 36.5 Å². The van der Waals surface area contributed by atoms with E-state index >= 15 is 0 Å². The lowest BCUT2D eigenvalue weighted by Crippen LogP contribution is -1.96. The predicted octanol–water partition coefficient (Wildman–Crippen LogP) is 3.53. The van der Waals surface area contributed by atoms with Crippen molar-refractivity contribution >= 4 is 0 Å². The SMILES string of the molecule is CCC(CC)c1ccc(OOC)cc1. The van der Waals surface area contributed by atoms with E-state index < -0.39 is 0 Å². The van der Waals surface area contributed by atoms with Crippen molar-refractivity contribution in [2.75, 3.05) is 7.11 Å². The highest BCUT2D eigenvalue weighted by Crippen LogP contribution is 2.24. The second-order valence-electron chi connectivity index (χ2n) is 3.33. The van der Waals surface area contributed by atoms with Gasteiger partial charge in [0.25, 0.3) is 0 Å². The molecule has 0 spiro atoms. The highest BCUT2D eigenvalue weighted by Gasteiger charge is 2.06. The van der Waals surface area contributed by atoms with Crippen molar-refractivity contribution < 1.29 is 9.78 Å². The van der Waals surface area contributed by atoms with Gasteiger partial charge in [-0.1, -0.05) is 26.0 Å². The molecule has 0 heterocycles. The molecule has 2 nitrogen and oxygen atoms in total. The third-order valence-electron chi connectivity index (χ3n) is 2.52. The molecule has 78 valence electrons. The molecule has 0 radical (unpaired) electrons. The molecule has 0 aliphatic carbocycles. The van der Waals surface area contributed by atoms with Gasteiger partial charge in [0.05, 0.1) is 7.11 Å². The highest BCUT2D eigenvalue weighted by molar-refractivity contribution is 5.28. The summed E-state index contributed by atoms with van der Waals surface area (Å²) in [5.41, 5.74) is 1.37. The molecule has 0 saturated carbocycles. The Bertz CT molecular complexity index is 250. The first-order valence-electron chi connectivity index (χ1n) is 5.12. The maximum Gasteiger partial charge on any atom is 0.165 e. The van der Waals surface area contributed by atoms with Gasteiger partial charge in [-0.15, -0.1) is 0 Å². The Labute approximate surface area is 85.8 Å². The molecule has 14 heavy (non-hydrogen) atoms. The van der Waals surface area contributed by atoms with E-state index in [1.54, 1.807) is 0 Å². The van der Waals surface area contributed by atoms with Gasteiger partial charge in [-0.2, -0.15) is 4.89 Å². The first-order valence-corrected chi connectivity index (χ1v) is 5.12. The van der Waals surface area contributed by atoms with Gasteiger partial charge in [0.1, 0.15) is 0 Å². The van der Waals surface area contributed by atoms with Crippen LogP contribution in [0.15, 0.2) is 24.3 Å². The quantitative estimate of drug-likeness (QED) is 0.527. The van der Waals surface area contributed by atoms with Crippen LogP contribution in [0.2, 0.25) is 0 Å². The van der Waals surface area contributed by atoms with Crippen LogP contribution < -0.4 is 4.89 Å². The molecular formula is C12H18O2. The van der Waals surface area contributed by atoms with E-state index in [0.29, 0.717) is 5.92 Å². The predicted molar refractivity (Wildman–Crippen MR) is 57.4 cm³/mol. The molecule has 0 aliphatic rings. The van der Waals surface area contributed by atoms with Crippen molar-refractivity contribution in [3.05, 3.63) is 29.8 Å². The maximum absolute atomic E-state index is 4.91. The summed E-state index contributed by atoms with van der Waals surface area (Å²) in [4.78, 5) is 9.49. The van der Waals surface area contributed by atoms with Crippen molar-refractivity contribution in [1.29, 1.82) is 0 Å². The van der Waals surface area contributed by atoms with Crippen LogP contribution >= 0.6 is 0 Å². The molecular weight excluding hydrogens is 176 g/mol. The molecule has 2 heteroatoms. The fourth-order valence-corrected chi connectivity index (χ4v) is 1.65. The summed E-state index contributed by atoms with van der Waals surface area (Å²) in [6.45, 7) is 4.43. The average molecular weight is 194 g/mol. The summed E-state index contributed by atoms with van der Waals surface area (Å²) in [7, 11) is 1.51. The summed E-state index contributed by atoms with van der Waals surface area (Å²) in [5.74, 6) is 1.41. The second kappa shape index (κ2) is 5.66. The third kappa shape index (κ3) is 2.74. The minimum absolute atomic E-state index is 0.659. The Balaban J connectivity index is 2.71. The van der Waals surface area contributed by atoms with Gasteiger partial charge in [-0.3, -0.25) is 0 Å². The van der Waals surface area contributed by atoms with Crippen molar-refractivity contribution in [2.45, 2.75) is 32.6 Å². The molecule has 0 aromatic heterocycles. The van der Waals surface area contributed by atoms with E-state index in [-0.39, 0.29) is 0 Å². The van der Waals surface area contributed by atoms with Crippen molar-refractivity contribution in [1.82, 2.24) is 0 Å². The Morgan fingerprint density at radius 3 is 2.07 bits per heavy atom. The number of benzene rings is 1. The second-order valence-corrected chi connectivity index (χ2v) is 3.33. The van der Waals surface area contributed by atoms with Crippen molar-refractivity contribution in [3.8, 4) is 5.75 Å². The Morgan fingerprint density at radius 2 is 1.64 bits per heavy atom. The van der Waals surface area contributed by atoms with Gasteiger partial charge >= 0.3 is 0 Å². The summed E-state index contributed by atoms with van der Waals surface area (Å²) in [5, 5.41) is 0. The smallest absolute Gasteiger partial charge is 0.165 e. The van der Waals surface area contributed by atoms with Crippen molar-refractivity contribution in [3.63, 3.8) is 0 Å². The molecule has 0 atom stereocenters. The highest BCUT2D eigenvalue weighted by atomic mass is 17.2. The first-order chi connectivity index (χ1) is 6.81. The van der Waals surface area contributed by atoms with E-state index in [2.05, 4.69) is 30.9 Å². The normalized spacial score (nSPS) is 10.6. The average Bonchev–Trinajstić information content (AvgIpc) is 2.23. The Kier molecular flexibility index (Phi) is 4.47. The largest absolute Gasteiger partial charge is 0.338 e. The number of rotatable bonds is 5. The van der Waals surface area contributed by atoms with Crippen LogP contribution in [0.1, 0.15) is 38.2 Å². The summed E-state index contributed by atoms with van der Waals surface area (Å²) in [6.07, 6.45) is 2.36. The van der Waals surface area contributed by atoms with E-state index in [1.807, 2.05) is 12.1 Å². The van der Waals surface area contributed by atoms with Crippen molar-refractivity contribution in [2.24, 2.45) is 0 Å². The van der Waals surface area contributed by atoms with Crippen LogP contribution in [0.5, 0.6) is 5.75 Å². The first kappa shape index (κ1) is 11.1. The lowest BCUT2D eigenvalue weighted by Gasteiger charge is -2.12. The fraction of sp³-hybridized carbons (Fsp3) is 0.500. The van der Waals surface area contributed by atoms with Gasteiger partial charge in [0.15, 0.2) is 5.75 Å². The lowest BCUT2D eigenvalue weighted by atomic mass is 9.94. The van der Waals surface area contributed by atoms with Crippen LogP contribution in [-0.2, 0) is 4.89 Å². The Morgan fingerprint density at radius 1 is 1.07 bits per heavy atom. The number of hydrogen-bond donors (Lipinski definition) is 0. The zero-order valence-corrected chi connectivity index (χ0v) is 9.12. The van der Waals surface area contributed by atoms with Crippen LogP contribution in [0.3, 0.4) is 0 Å². The molecule has 0 saturated heterocycles. The van der Waals surface area contributed by atoms with Crippen LogP contribution in [0.25, 0.3) is 0 Å². The number of hydrogen-bond acceptors (Lipinski definition) is 2. The van der Waals surface area contributed by atoms with E-state index in [4.69, 9.17) is 4.89 Å². The van der Waals surface area contributed by atoms with E-state index in [9.17, 15) is 0 Å². The van der Waals surface area contributed by atoms with Gasteiger partial charge in [-0.25, -0.2) is 0 Å². The summed E-state index contributed by atoms with van der Waals surface area (Å²) >= 11 is 0. The zero-order valence-electron chi connectivity index (χ0n) is 9.12.